The van der Waals surface area contributed by atoms with E-state index >= 15 is 0 Å². The predicted molar refractivity (Wildman–Crippen MR) is 64.7 cm³/mol. The first-order valence-corrected chi connectivity index (χ1v) is 5.91. The number of carbonyl (C=O) groups is 1. The topological polar surface area (TPSA) is 83.0 Å². The Balaban J connectivity index is 2.29. The molecular weight excluding hydrogens is 304 g/mol. The van der Waals surface area contributed by atoms with Crippen molar-refractivity contribution in [3.63, 3.8) is 0 Å². The Bertz CT molecular complexity index is 590. The average molecular weight is 315 g/mol. The molecule has 0 aromatic carbocycles. The van der Waals surface area contributed by atoms with Gasteiger partial charge < -0.3 is 9.15 Å². The second-order valence-electron chi connectivity index (χ2n) is 3.63. The van der Waals surface area contributed by atoms with Gasteiger partial charge in [0.25, 0.3) is 5.89 Å². The van der Waals surface area contributed by atoms with Crippen molar-refractivity contribution in [2.45, 2.75) is 13.3 Å². The first-order chi connectivity index (χ1) is 8.52. The van der Waals surface area contributed by atoms with Gasteiger partial charge >= 0.3 is 5.97 Å². The first-order valence-electron chi connectivity index (χ1n) is 5.11. The molecule has 0 spiro atoms. The lowest BCUT2D eigenvalue weighted by atomic mass is 10.4. The van der Waals surface area contributed by atoms with Crippen LogP contribution in [0.1, 0.15) is 11.6 Å². The molecule has 2 rings (SSSR count). The van der Waals surface area contributed by atoms with Crippen molar-refractivity contribution in [2.24, 2.45) is 7.05 Å². The minimum absolute atomic E-state index is 0.0487. The third-order valence-corrected chi connectivity index (χ3v) is 3.40. The average Bonchev–Trinajstić information content (AvgIpc) is 2.90. The van der Waals surface area contributed by atoms with E-state index in [1.807, 2.05) is 14.0 Å². The molecule has 0 radical (unpaired) electrons. The van der Waals surface area contributed by atoms with Crippen molar-refractivity contribution >= 4 is 21.9 Å². The van der Waals surface area contributed by atoms with E-state index in [2.05, 4.69) is 36.0 Å². The maximum absolute atomic E-state index is 11.1. The number of esters is 1. The van der Waals surface area contributed by atoms with E-state index in [0.29, 0.717) is 5.69 Å². The Morgan fingerprint density at radius 1 is 1.50 bits per heavy atom. The minimum Gasteiger partial charge on any atom is -0.469 e. The third-order valence-electron chi connectivity index (χ3n) is 2.45. The summed E-state index contributed by atoms with van der Waals surface area (Å²) in [6.45, 7) is 1.91. The van der Waals surface area contributed by atoms with Crippen molar-refractivity contribution in [3.8, 4) is 11.6 Å². The molecule has 0 aliphatic heterocycles. The predicted octanol–water partition coefficient (Wildman–Crippen LogP) is 1.26. The molecular formula is C10H11BrN4O3. The molecule has 96 valence electrons. The maximum atomic E-state index is 11.1. The molecule has 2 heterocycles. The summed E-state index contributed by atoms with van der Waals surface area (Å²) in [6.07, 6.45) is -0.0487. The highest BCUT2D eigenvalue weighted by Crippen LogP contribution is 2.28. The van der Waals surface area contributed by atoms with Gasteiger partial charge in [-0.15, -0.1) is 10.2 Å². The molecule has 0 unspecified atom stereocenters. The zero-order valence-electron chi connectivity index (χ0n) is 10.1. The van der Waals surface area contributed by atoms with Gasteiger partial charge in [-0.3, -0.25) is 9.48 Å². The SMILES string of the molecule is COC(=O)Cc1nnc(-c2nn(C)c(C)c2Br)o1. The molecule has 2 aromatic heterocycles. The molecule has 0 N–H and O–H groups in total. The van der Waals surface area contributed by atoms with Crippen molar-refractivity contribution in [1.82, 2.24) is 20.0 Å². The second-order valence-corrected chi connectivity index (χ2v) is 4.42. The van der Waals surface area contributed by atoms with Crippen LogP contribution in [0.3, 0.4) is 0 Å². The van der Waals surface area contributed by atoms with E-state index in [9.17, 15) is 4.79 Å². The number of hydrogen-bond acceptors (Lipinski definition) is 6. The van der Waals surface area contributed by atoms with Gasteiger partial charge in [0.15, 0.2) is 5.69 Å². The molecule has 0 saturated heterocycles. The van der Waals surface area contributed by atoms with Crippen LogP contribution in [0.15, 0.2) is 8.89 Å². The monoisotopic (exact) mass is 314 g/mol. The highest BCUT2D eigenvalue weighted by atomic mass is 79.9. The number of aryl methyl sites for hydroxylation is 1. The van der Waals surface area contributed by atoms with Gasteiger partial charge in [0.2, 0.25) is 5.89 Å². The fraction of sp³-hybridized carbons (Fsp3) is 0.400. The molecule has 0 atom stereocenters. The summed E-state index contributed by atoms with van der Waals surface area (Å²) in [6, 6.07) is 0. The number of methoxy groups -OCH3 is 1. The van der Waals surface area contributed by atoms with Gasteiger partial charge in [-0.05, 0) is 22.9 Å². The number of nitrogens with zero attached hydrogens (tertiary/aromatic N) is 4. The Kier molecular flexibility index (Phi) is 3.46. The van der Waals surface area contributed by atoms with Crippen LogP contribution in [0, 0.1) is 6.92 Å². The van der Waals surface area contributed by atoms with Gasteiger partial charge in [0.1, 0.15) is 6.42 Å². The molecule has 18 heavy (non-hydrogen) atoms. The third kappa shape index (κ3) is 2.28. The van der Waals surface area contributed by atoms with E-state index in [0.717, 1.165) is 10.2 Å². The number of carbonyl (C=O) groups excluding carboxylic acids is 1. The number of halogens is 1. The van der Waals surface area contributed by atoms with Crippen LogP contribution in [0.25, 0.3) is 11.6 Å². The molecule has 0 aliphatic rings. The smallest absolute Gasteiger partial charge is 0.315 e. The van der Waals surface area contributed by atoms with Crippen LogP contribution < -0.4 is 0 Å². The zero-order valence-corrected chi connectivity index (χ0v) is 11.7. The standard InChI is InChI=1S/C10H11BrN4O3/c1-5-8(11)9(14-15(5)2)10-13-12-6(18-10)4-7(16)17-3/h4H2,1-3H3. The number of rotatable bonds is 3. The van der Waals surface area contributed by atoms with Crippen molar-refractivity contribution < 1.29 is 13.9 Å². The molecule has 0 amide bonds. The summed E-state index contributed by atoms with van der Waals surface area (Å²) in [5.74, 6) is 0.0398. The van der Waals surface area contributed by atoms with Crippen LogP contribution in [0.2, 0.25) is 0 Å². The van der Waals surface area contributed by atoms with Gasteiger partial charge in [-0.2, -0.15) is 5.10 Å². The van der Waals surface area contributed by atoms with E-state index in [4.69, 9.17) is 4.42 Å². The minimum atomic E-state index is -0.429. The van der Waals surface area contributed by atoms with Crippen LogP contribution in [0.4, 0.5) is 0 Å². The summed E-state index contributed by atoms with van der Waals surface area (Å²) in [5.41, 5.74) is 1.50. The van der Waals surface area contributed by atoms with Crippen LogP contribution >= 0.6 is 15.9 Å². The molecule has 0 saturated carbocycles. The van der Waals surface area contributed by atoms with Crippen LogP contribution in [-0.2, 0) is 23.0 Å². The lowest BCUT2D eigenvalue weighted by molar-refractivity contribution is -0.140. The fourth-order valence-electron chi connectivity index (χ4n) is 1.34. The summed E-state index contributed by atoms with van der Waals surface area (Å²) in [4.78, 5) is 11.1. The van der Waals surface area contributed by atoms with Gasteiger partial charge in [-0.25, -0.2) is 0 Å². The molecule has 0 aliphatic carbocycles. The van der Waals surface area contributed by atoms with Gasteiger partial charge in [-0.1, -0.05) is 0 Å². The molecule has 2 aromatic rings. The molecule has 7 nitrogen and oxygen atoms in total. The Labute approximate surface area is 111 Å². The fourth-order valence-corrected chi connectivity index (χ4v) is 1.84. The normalized spacial score (nSPS) is 10.7. The first kappa shape index (κ1) is 12.7. The summed E-state index contributed by atoms with van der Waals surface area (Å²) in [7, 11) is 3.12. The quantitative estimate of drug-likeness (QED) is 0.793. The van der Waals surface area contributed by atoms with Crippen LogP contribution in [0.5, 0.6) is 0 Å². The van der Waals surface area contributed by atoms with Crippen molar-refractivity contribution in [3.05, 3.63) is 16.1 Å². The number of aromatic nitrogens is 4. The van der Waals surface area contributed by atoms with Crippen LogP contribution in [-0.4, -0.2) is 33.1 Å². The van der Waals surface area contributed by atoms with Gasteiger partial charge in [0, 0.05) is 7.05 Å². The van der Waals surface area contributed by atoms with Crippen molar-refractivity contribution in [1.29, 1.82) is 0 Å². The van der Waals surface area contributed by atoms with Crippen molar-refractivity contribution in [2.75, 3.05) is 7.11 Å². The summed E-state index contributed by atoms with van der Waals surface area (Å²) >= 11 is 3.41. The maximum Gasteiger partial charge on any atom is 0.315 e. The highest BCUT2D eigenvalue weighted by molar-refractivity contribution is 9.10. The second kappa shape index (κ2) is 4.89. The molecule has 8 heteroatoms. The van der Waals surface area contributed by atoms with E-state index in [1.54, 1.807) is 4.68 Å². The highest BCUT2D eigenvalue weighted by Gasteiger charge is 2.19. The largest absolute Gasteiger partial charge is 0.469 e. The Hall–Kier alpha value is -1.70. The Morgan fingerprint density at radius 2 is 2.22 bits per heavy atom. The molecule has 0 bridgehead atoms. The van der Waals surface area contributed by atoms with E-state index in [1.165, 1.54) is 7.11 Å². The lowest BCUT2D eigenvalue weighted by Crippen LogP contribution is -2.04. The van der Waals surface area contributed by atoms with E-state index < -0.39 is 5.97 Å². The van der Waals surface area contributed by atoms with E-state index in [-0.39, 0.29) is 18.2 Å². The summed E-state index contributed by atoms with van der Waals surface area (Å²) < 4.78 is 12.4. The Morgan fingerprint density at radius 3 is 2.78 bits per heavy atom. The molecule has 0 fully saturated rings. The number of hydrogen-bond donors (Lipinski definition) is 0. The van der Waals surface area contributed by atoms with Gasteiger partial charge in [0.05, 0.1) is 17.3 Å². The summed E-state index contributed by atoms with van der Waals surface area (Å²) in [5, 5.41) is 11.9. The zero-order chi connectivity index (χ0) is 13.3. The lowest BCUT2D eigenvalue weighted by Gasteiger charge is -1.92. The number of ether oxygens (including phenoxy) is 1.